The van der Waals surface area contributed by atoms with Crippen LogP contribution in [-0.2, 0) is 0 Å². The Kier molecular flexibility index (Phi) is 3.39. The molecular weight excluding hydrogens is 167 g/mol. The minimum Gasteiger partial charge on any atom is -0.352 e. The van der Waals surface area contributed by atoms with E-state index in [2.05, 4.69) is 5.73 Å². The molecule has 0 aliphatic carbocycles. The molecule has 72 valence electrons. The van der Waals surface area contributed by atoms with Crippen LogP contribution in [0.25, 0.3) is 0 Å². The van der Waals surface area contributed by atoms with Crippen LogP contribution in [0, 0.1) is 5.82 Å². The predicted octanol–water partition coefficient (Wildman–Crippen LogP) is -0.747. The average molecular weight is 184 g/mol. The van der Waals surface area contributed by atoms with Crippen LogP contribution in [-0.4, -0.2) is 20.6 Å². The Morgan fingerprint density at radius 3 is 2.46 bits per heavy atom. The van der Waals surface area contributed by atoms with Crippen LogP contribution in [0.15, 0.2) is 24.3 Å². The van der Waals surface area contributed by atoms with E-state index < -0.39 is 0 Å². The summed E-state index contributed by atoms with van der Waals surface area (Å²) in [7, 11) is 4.03. The van der Waals surface area contributed by atoms with Crippen LogP contribution in [0.1, 0.15) is 11.6 Å². The maximum atomic E-state index is 13.3. The van der Waals surface area contributed by atoms with Gasteiger partial charge in [-0.05, 0) is 12.1 Å². The van der Waals surface area contributed by atoms with Gasteiger partial charge in [-0.25, -0.2) is 4.39 Å². The summed E-state index contributed by atoms with van der Waals surface area (Å²) in [4.78, 5) is 1.21. The summed E-state index contributed by atoms with van der Waals surface area (Å²) in [6.45, 7) is 0.712. The third-order valence-corrected chi connectivity index (χ3v) is 2.27. The summed E-state index contributed by atoms with van der Waals surface area (Å²) in [5, 5.41) is 0. The average Bonchev–Trinajstić information content (AvgIpc) is 2.09. The molecule has 0 amide bonds. The molecule has 1 atom stereocenters. The highest BCUT2D eigenvalue weighted by molar-refractivity contribution is 5.19. The molecule has 0 aliphatic heterocycles. The molecule has 4 N–H and O–H groups in total. The van der Waals surface area contributed by atoms with Gasteiger partial charge in [-0.1, -0.05) is 12.1 Å². The first kappa shape index (κ1) is 10.2. The SMILES string of the molecule is C[NH+](C)[C@@H](C[NH3+])c1ccccc1F. The number of halogens is 1. The zero-order valence-corrected chi connectivity index (χ0v) is 8.18. The van der Waals surface area contributed by atoms with Gasteiger partial charge in [0.25, 0.3) is 0 Å². The summed E-state index contributed by atoms with van der Waals surface area (Å²) in [6, 6.07) is 7.06. The van der Waals surface area contributed by atoms with E-state index in [9.17, 15) is 4.39 Å². The van der Waals surface area contributed by atoms with Crippen molar-refractivity contribution in [2.24, 2.45) is 0 Å². The van der Waals surface area contributed by atoms with Crippen molar-refractivity contribution in [1.29, 1.82) is 0 Å². The van der Waals surface area contributed by atoms with E-state index in [1.54, 1.807) is 6.07 Å². The second kappa shape index (κ2) is 4.35. The van der Waals surface area contributed by atoms with Gasteiger partial charge >= 0.3 is 0 Å². The molecule has 1 aromatic rings. The number of benzene rings is 1. The summed E-state index contributed by atoms with van der Waals surface area (Å²) in [6.07, 6.45) is 0. The Morgan fingerprint density at radius 2 is 2.00 bits per heavy atom. The van der Waals surface area contributed by atoms with Crippen LogP contribution in [0.4, 0.5) is 4.39 Å². The minimum absolute atomic E-state index is 0.127. The monoisotopic (exact) mass is 184 g/mol. The summed E-state index contributed by atoms with van der Waals surface area (Å²) in [5.74, 6) is -0.127. The summed E-state index contributed by atoms with van der Waals surface area (Å²) < 4.78 is 13.3. The van der Waals surface area contributed by atoms with Crippen molar-refractivity contribution in [3.63, 3.8) is 0 Å². The molecule has 0 bridgehead atoms. The number of nitrogens with one attached hydrogen (secondary N) is 1. The van der Waals surface area contributed by atoms with Crippen molar-refractivity contribution in [1.82, 2.24) is 0 Å². The Balaban J connectivity index is 2.97. The first-order valence-electron chi connectivity index (χ1n) is 4.50. The molecular formula is C10H17FN2+2. The molecule has 0 saturated heterocycles. The van der Waals surface area contributed by atoms with E-state index in [1.165, 1.54) is 11.0 Å². The Labute approximate surface area is 78.2 Å². The fraction of sp³-hybridized carbons (Fsp3) is 0.400. The standard InChI is InChI=1S/C10H15FN2/c1-13(2)10(7-12)8-5-3-4-6-9(8)11/h3-6,10H,7,12H2,1-2H3/p+2/t10-/m0/s1. The highest BCUT2D eigenvalue weighted by Crippen LogP contribution is 2.12. The highest BCUT2D eigenvalue weighted by Gasteiger charge is 2.20. The van der Waals surface area contributed by atoms with E-state index in [0.717, 1.165) is 5.56 Å². The number of hydrogen-bond donors (Lipinski definition) is 2. The molecule has 0 radical (unpaired) electrons. The first-order valence-corrected chi connectivity index (χ1v) is 4.50. The number of likely N-dealkylation sites (N-methyl/N-ethyl adjacent to an activating group) is 1. The zero-order valence-electron chi connectivity index (χ0n) is 8.18. The van der Waals surface area contributed by atoms with Crippen LogP contribution in [0.5, 0.6) is 0 Å². The van der Waals surface area contributed by atoms with Crippen LogP contribution in [0.3, 0.4) is 0 Å². The summed E-state index contributed by atoms with van der Waals surface area (Å²) in [5.41, 5.74) is 4.60. The van der Waals surface area contributed by atoms with E-state index >= 15 is 0 Å². The van der Waals surface area contributed by atoms with Gasteiger partial charge in [-0.3, -0.25) is 0 Å². The Bertz CT molecular complexity index is 273. The van der Waals surface area contributed by atoms with Gasteiger partial charge in [-0.15, -0.1) is 0 Å². The van der Waals surface area contributed by atoms with Gasteiger partial charge in [0, 0.05) is 0 Å². The molecule has 0 saturated carbocycles. The molecule has 0 heterocycles. The van der Waals surface area contributed by atoms with E-state index in [4.69, 9.17) is 0 Å². The van der Waals surface area contributed by atoms with Gasteiger partial charge in [0.05, 0.1) is 19.7 Å². The van der Waals surface area contributed by atoms with Crippen LogP contribution in [0.2, 0.25) is 0 Å². The summed E-state index contributed by atoms with van der Waals surface area (Å²) >= 11 is 0. The molecule has 0 aliphatic rings. The molecule has 2 nitrogen and oxygen atoms in total. The molecule has 0 spiro atoms. The number of rotatable bonds is 3. The third kappa shape index (κ3) is 2.26. The van der Waals surface area contributed by atoms with E-state index in [0.29, 0.717) is 6.54 Å². The molecule has 1 rings (SSSR count). The Hall–Kier alpha value is -0.930. The van der Waals surface area contributed by atoms with Crippen molar-refractivity contribution >= 4 is 0 Å². The lowest BCUT2D eigenvalue weighted by Crippen LogP contribution is -3.08. The normalized spacial score (nSPS) is 13.3. The quantitative estimate of drug-likeness (QED) is 0.620. The molecule has 3 heteroatoms. The van der Waals surface area contributed by atoms with Crippen molar-refractivity contribution in [3.8, 4) is 0 Å². The maximum Gasteiger partial charge on any atom is 0.165 e. The van der Waals surface area contributed by atoms with Gasteiger partial charge in [0.15, 0.2) is 6.04 Å². The largest absolute Gasteiger partial charge is 0.352 e. The minimum atomic E-state index is -0.127. The highest BCUT2D eigenvalue weighted by atomic mass is 19.1. The lowest BCUT2D eigenvalue weighted by atomic mass is 10.1. The van der Waals surface area contributed by atoms with Crippen LogP contribution < -0.4 is 10.6 Å². The topological polar surface area (TPSA) is 32.1 Å². The van der Waals surface area contributed by atoms with Gasteiger partial charge in [-0.2, -0.15) is 0 Å². The van der Waals surface area contributed by atoms with Crippen LogP contribution >= 0.6 is 0 Å². The van der Waals surface area contributed by atoms with E-state index in [1.807, 2.05) is 26.2 Å². The second-order valence-corrected chi connectivity index (χ2v) is 3.44. The van der Waals surface area contributed by atoms with Gasteiger partial charge in [0.1, 0.15) is 12.4 Å². The lowest BCUT2D eigenvalue weighted by molar-refractivity contribution is -0.899. The fourth-order valence-corrected chi connectivity index (χ4v) is 1.51. The van der Waals surface area contributed by atoms with Gasteiger partial charge in [0.2, 0.25) is 0 Å². The molecule has 0 fully saturated rings. The predicted molar refractivity (Wildman–Crippen MR) is 49.7 cm³/mol. The smallest absolute Gasteiger partial charge is 0.165 e. The second-order valence-electron chi connectivity index (χ2n) is 3.44. The lowest BCUT2D eigenvalue weighted by Gasteiger charge is -2.18. The third-order valence-electron chi connectivity index (χ3n) is 2.27. The maximum absolute atomic E-state index is 13.3. The molecule has 1 aromatic carbocycles. The molecule has 0 aromatic heterocycles. The molecule has 13 heavy (non-hydrogen) atoms. The van der Waals surface area contributed by atoms with Gasteiger partial charge < -0.3 is 10.6 Å². The zero-order chi connectivity index (χ0) is 9.84. The van der Waals surface area contributed by atoms with Crippen molar-refractivity contribution in [3.05, 3.63) is 35.6 Å². The number of quaternary nitrogens is 2. The molecule has 0 unspecified atom stereocenters. The van der Waals surface area contributed by atoms with Crippen molar-refractivity contribution in [2.75, 3.05) is 20.6 Å². The fourth-order valence-electron chi connectivity index (χ4n) is 1.51. The Morgan fingerprint density at radius 1 is 1.38 bits per heavy atom. The number of hydrogen-bond acceptors (Lipinski definition) is 0. The first-order chi connectivity index (χ1) is 6.16. The van der Waals surface area contributed by atoms with E-state index in [-0.39, 0.29) is 11.9 Å². The van der Waals surface area contributed by atoms with Crippen molar-refractivity contribution in [2.45, 2.75) is 6.04 Å². The van der Waals surface area contributed by atoms with Crippen molar-refractivity contribution < 1.29 is 15.0 Å².